The van der Waals surface area contributed by atoms with Crippen molar-refractivity contribution in [3.63, 3.8) is 0 Å². The van der Waals surface area contributed by atoms with Crippen LogP contribution in [0.1, 0.15) is 30.9 Å². The first-order valence-corrected chi connectivity index (χ1v) is 7.67. The lowest BCUT2D eigenvalue weighted by Crippen LogP contribution is -2.27. The lowest BCUT2D eigenvalue weighted by Gasteiger charge is -2.17. The highest BCUT2D eigenvalue weighted by Gasteiger charge is 2.16. The van der Waals surface area contributed by atoms with E-state index >= 15 is 0 Å². The van der Waals surface area contributed by atoms with E-state index < -0.39 is 10.0 Å². The SMILES string of the molecule is Cc1cccc(C(C)C)c1NS(=O)(=O)CC(N)=S. The Kier molecular flexibility index (Phi) is 4.70. The molecule has 0 spiro atoms. The smallest absolute Gasteiger partial charge is 0.239 e. The molecule has 0 aromatic heterocycles. The van der Waals surface area contributed by atoms with Gasteiger partial charge in [-0.05, 0) is 24.0 Å². The van der Waals surface area contributed by atoms with Crippen LogP contribution in [0.15, 0.2) is 18.2 Å². The minimum atomic E-state index is -3.53. The molecule has 0 radical (unpaired) electrons. The second-order valence-electron chi connectivity index (χ2n) is 4.52. The van der Waals surface area contributed by atoms with Crippen molar-refractivity contribution >= 4 is 32.9 Å². The number of nitrogens with two attached hydrogens (primary N) is 1. The molecule has 0 aliphatic carbocycles. The van der Waals surface area contributed by atoms with E-state index in [0.717, 1.165) is 11.1 Å². The molecular weight excluding hydrogens is 268 g/mol. The zero-order valence-electron chi connectivity index (χ0n) is 10.7. The van der Waals surface area contributed by atoms with Crippen molar-refractivity contribution in [1.29, 1.82) is 0 Å². The number of hydrogen-bond acceptors (Lipinski definition) is 3. The molecule has 0 heterocycles. The second-order valence-corrected chi connectivity index (χ2v) is 6.77. The molecule has 0 saturated heterocycles. The van der Waals surface area contributed by atoms with Gasteiger partial charge in [-0.25, -0.2) is 8.42 Å². The summed E-state index contributed by atoms with van der Waals surface area (Å²) >= 11 is 4.64. The standard InChI is InChI=1S/C12H18N2O2S2/c1-8(2)10-6-4-5-9(3)12(10)14-18(15,16)7-11(13)17/h4-6,8,14H,7H2,1-3H3,(H2,13,17). The zero-order chi connectivity index (χ0) is 13.9. The van der Waals surface area contributed by atoms with Crippen LogP contribution in [0.25, 0.3) is 0 Å². The molecule has 3 N–H and O–H groups in total. The maximum Gasteiger partial charge on any atom is 0.239 e. The van der Waals surface area contributed by atoms with E-state index in [-0.39, 0.29) is 16.7 Å². The maximum atomic E-state index is 11.9. The van der Waals surface area contributed by atoms with Gasteiger partial charge in [0.1, 0.15) is 5.75 Å². The second kappa shape index (κ2) is 5.67. The van der Waals surface area contributed by atoms with Gasteiger partial charge in [0.25, 0.3) is 0 Å². The maximum absolute atomic E-state index is 11.9. The van der Waals surface area contributed by atoms with Crippen molar-refractivity contribution in [2.45, 2.75) is 26.7 Å². The van der Waals surface area contributed by atoms with Crippen molar-refractivity contribution in [2.24, 2.45) is 5.73 Å². The number of hydrogen-bond donors (Lipinski definition) is 2. The highest BCUT2D eigenvalue weighted by Crippen LogP contribution is 2.28. The average Bonchev–Trinajstić information content (AvgIpc) is 2.18. The molecule has 0 aliphatic heterocycles. The van der Waals surface area contributed by atoms with Crippen molar-refractivity contribution in [3.8, 4) is 0 Å². The molecule has 1 rings (SSSR count). The van der Waals surface area contributed by atoms with Gasteiger partial charge in [0.15, 0.2) is 0 Å². The Morgan fingerprint density at radius 2 is 2.06 bits per heavy atom. The van der Waals surface area contributed by atoms with E-state index in [0.29, 0.717) is 5.69 Å². The van der Waals surface area contributed by atoms with Crippen molar-refractivity contribution in [3.05, 3.63) is 29.3 Å². The van der Waals surface area contributed by atoms with Crippen LogP contribution in [-0.4, -0.2) is 19.2 Å². The van der Waals surface area contributed by atoms with Crippen LogP contribution in [0.3, 0.4) is 0 Å². The van der Waals surface area contributed by atoms with Gasteiger partial charge < -0.3 is 5.73 Å². The van der Waals surface area contributed by atoms with Gasteiger partial charge in [0, 0.05) is 0 Å². The van der Waals surface area contributed by atoms with Crippen LogP contribution < -0.4 is 10.5 Å². The molecule has 0 atom stereocenters. The summed E-state index contributed by atoms with van der Waals surface area (Å²) in [7, 11) is -3.53. The normalized spacial score (nSPS) is 11.6. The van der Waals surface area contributed by atoms with Crippen molar-refractivity contribution < 1.29 is 8.42 Å². The Hall–Kier alpha value is -1.14. The van der Waals surface area contributed by atoms with E-state index in [1.54, 1.807) is 0 Å². The Morgan fingerprint density at radius 3 is 2.56 bits per heavy atom. The number of benzene rings is 1. The third-order valence-electron chi connectivity index (χ3n) is 2.52. The molecule has 0 amide bonds. The number of thiocarbonyl (C=S) groups is 1. The first-order chi connectivity index (χ1) is 8.23. The summed E-state index contributed by atoms with van der Waals surface area (Å²) in [5.41, 5.74) is 7.75. The minimum absolute atomic E-state index is 0.0396. The van der Waals surface area contributed by atoms with E-state index in [9.17, 15) is 8.42 Å². The number of sulfonamides is 1. The number of aryl methyl sites for hydroxylation is 1. The monoisotopic (exact) mass is 286 g/mol. The van der Waals surface area contributed by atoms with Gasteiger partial charge in [-0.15, -0.1) is 0 Å². The Labute approximate surface area is 114 Å². The number of rotatable bonds is 5. The number of para-hydroxylation sites is 1. The molecule has 0 unspecified atom stereocenters. The molecule has 4 nitrogen and oxygen atoms in total. The van der Waals surface area contributed by atoms with Crippen LogP contribution >= 0.6 is 12.2 Å². The Balaban J connectivity index is 3.15. The molecule has 0 aliphatic rings. The molecule has 0 bridgehead atoms. The first-order valence-electron chi connectivity index (χ1n) is 5.61. The van der Waals surface area contributed by atoms with Crippen LogP contribution in [0.5, 0.6) is 0 Å². The fraction of sp³-hybridized carbons (Fsp3) is 0.417. The lowest BCUT2D eigenvalue weighted by molar-refractivity contribution is 0.604. The van der Waals surface area contributed by atoms with Crippen LogP contribution in [0.2, 0.25) is 0 Å². The summed E-state index contributed by atoms with van der Waals surface area (Å²) < 4.78 is 26.3. The van der Waals surface area contributed by atoms with Gasteiger partial charge >= 0.3 is 0 Å². The molecule has 18 heavy (non-hydrogen) atoms. The third-order valence-corrected chi connectivity index (χ3v) is 4.05. The fourth-order valence-corrected chi connectivity index (χ4v) is 3.19. The van der Waals surface area contributed by atoms with Crippen molar-refractivity contribution in [2.75, 3.05) is 10.5 Å². The third kappa shape index (κ3) is 3.96. The first kappa shape index (κ1) is 14.9. The zero-order valence-corrected chi connectivity index (χ0v) is 12.4. The van der Waals surface area contributed by atoms with E-state index in [1.807, 2.05) is 39.0 Å². The molecule has 0 fully saturated rings. The van der Waals surface area contributed by atoms with Crippen LogP contribution in [0, 0.1) is 6.92 Å². The highest BCUT2D eigenvalue weighted by molar-refractivity contribution is 7.95. The summed E-state index contributed by atoms with van der Waals surface area (Å²) in [5, 5.41) is 0. The molecule has 100 valence electrons. The van der Waals surface area contributed by atoms with Crippen molar-refractivity contribution in [1.82, 2.24) is 0 Å². The van der Waals surface area contributed by atoms with Gasteiger partial charge in [0.2, 0.25) is 10.0 Å². The molecule has 1 aromatic rings. The topological polar surface area (TPSA) is 72.2 Å². The van der Waals surface area contributed by atoms with Gasteiger partial charge in [0.05, 0.1) is 10.7 Å². The number of nitrogens with one attached hydrogen (secondary N) is 1. The molecule has 1 aromatic carbocycles. The van der Waals surface area contributed by atoms with E-state index in [2.05, 4.69) is 16.9 Å². The predicted molar refractivity (Wildman–Crippen MR) is 79.5 cm³/mol. The molecule has 0 saturated carbocycles. The van der Waals surface area contributed by atoms with E-state index in [1.165, 1.54) is 0 Å². The summed E-state index contributed by atoms with van der Waals surface area (Å²) in [6, 6.07) is 5.69. The number of anilines is 1. The molecular formula is C12H18N2O2S2. The van der Waals surface area contributed by atoms with Gasteiger partial charge in [-0.3, -0.25) is 4.72 Å². The van der Waals surface area contributed by atoms with Gasteiger partial charge in [-0.1, -0.05) is 44.3 Å². The molecule has 6 heteroatoms. The largest absolute Gasteiger partial charge is 0.392 e. The van der Waals surface area contributed by atoms with Gasteiger partial charge in [-0.2, -0.15) is 0 Å². The summed E-state index contributed by atoms with van der Waals surface area (Å²) in [5.74, 6) is -0.110. The summed E-state index contributed by atoms with van der Waals surface area (Å²) in [4.78, 5) is -0.0396. The summed E-state index contributed by atoms with van der Waals surface area (Å²) in [6.45, 7) is 5.89. The van der Waals surface area contributed by atoms with Crippen LogP contribution in [0.4, 0.5) is 5.69 Å². The summed E-state index contributed by atoms with van der Waals surface area (Å²) in [6.07, 6.45) is 0. The highest BCUT2D eigenvalue weighted by atomic mass is 32.2. The minimum Gasteiger partial charge on any atom is -0.392 e. The Morgan fingerprint density at radius 1 is 1.44 bits per heavy atom. The van der Waals surface area contributed by atoms with E-state index in [4.69, 9.17) is 5.73 Å². The Bertz CT molecular complexity index is 551. The van der Waals surface area contributed by atoms with Crippen LogP contribution in [-0.2, 0) is 10.0 Å². The average molecular weight is 286 g/mol. The quantitative estimate of drug-likeness (QED) is 0.814. The lowest BCUT2D eigenvalue weighted by atomic mass is 9.99. The fourth-order valence-electron chi connectivity index (χ4n) is 1.69. The predicted octanol–water partition coefficient (Wildman–Crippen LogP) is 2.15.